The van der Waals surface area contributed by atoms with Crippen LogP contribution in [-0.2, 0) is 7.05 Å². The molecule has 0 fully saturated rings. The van der Waals surface area contributed by atoms with Gasteiger partial charge in [-0.05, 0) is 30.3 Å². The molecule has 0 N–H and O–H groups in total. The van der Waals surface area contributed by atoms with E-state index in [1.807, 2.05) is 35.9 Å². The van der Waals surface area contributed by atoms with Crippen molar-refractivity contribution in [2.75, 3.05) is 12.4 Å². The van der Waals surface area contributed by atoms with Crippen molar-refractivity contribution in [2.45, 2.75) is 5.16 Å². The summed E-state index contributed by atoms with van der Waals surface area (Å²) in [4.78, 5) is 10.3. The van der Waals surface area contributed by atoms with Gasteiger partial charge in [0.1, 0.15) is 5.75 Å². The van der Waals surface area contributed by atoms with Crippen LogP contribution in [0.1, 0.15) is 0 Å². The molecule has 9 heteroatoms. The minimum atomic E-state index is -0.445. The first-order valence-corrected chi connectivity index (χ1v) is 9.06. The van der Waals surface area contributed by atoms with Gasteiger partial charge >= 0.3 is 0 Å². The second kappa shape index (κ2) is 8.20. The lowest BCUT2D eigenvalue weighted by atomic mass is 10.2. The number of nitro groups is 1. The smallest absolute Gasteiger partial charge is 0.273 e. The molecule has 3 rings (SSSR count). The maximum Gasteiger partial charge on any atom is 0.273 e. The van der Waals surface area contributed by atoms with Crippen LogP contribution < -0.4 is 4.74 Å². The van der Waals surface area contributed by atoms with E-state index < -0.39 is 4.92 Å². The van der Waals surface area contributed by atoms with Crippen molar-refractivity contribution in [3.63, 3.8) is 0 Å². The Morgan fingerprint density at radius 1 is 1.23 bits per heavy atom. The van der Waals surface area contributed by atoms with E-state index >= 15 is 0 Å². The summed E-state index contributed by atoms with van der Waals surface area (Å²) < 4.78 is 7.47. The zero-order chi connectivity index (χ0) is 18.5. The van der Waals surface area contributed by atoms with Crippen LogP contribution in [0.5, 0.6) is 5.75 Å². The average molecular weight is 391 g/mol. The van der Waals surface area contributed by atoms with Crippen LogP contribution in [0.15, 0.2) is 53.7 Å². The lowest BCUT2D eigenvalue weighted by Crippen LogP contribution is -2.02. The number of nitro benzene ring substituents is 1. The molecule has 0 atom stereocenters. The fourth-order valence-electron chi connectivity index (χ4n) is 2.27. The van der Waals surface area contributed by atoms with Crippen LogP contribution in [0, 0.1) is 10.1 Å². The maximum atomic E-state index is 10.8. The van der Waals surface area contributed by atoms with Gasteiger partial charge in [-0.15, -0.1) is 10.2 Å². The Morgan fingerprint density at radius 2 is 2.00 bits per heavy atom. The summed E-state index contributed by atoms with van der Waals surface area (Å²) >= 11 is 7.41. The van der Waals surface area contributed by atoms with Crippen molar-refractivity contribution in [2.24, 2.45) is 7.05 Å². The van der Waals surface area contributed by atoms with Gasteiger partial charge in [0.05, 0.1) is 17.6 Å². The van der Waals surface area contributed by atoms with Gasteiger partial charge in [0.25, 0.3) is 5.69 Å². The highest BCUT2D eigenvalue weighted by Crippen LogP contribution is 2.24. The Hall–Kier alpha value is -2.58. The molecule has 0 aliphatic heterocycles. The fourth-order valence-corrected chi connectivity index (χ4v) is 3.12. The van der Waals surface area contributed by atoms with Gasteiger partial charge in [-0.3, -0.25) is 10.1 Å². The highest BCUT2D eigenvalue weighted by molar-refractivity contribution is 7.99. The van der Waals surface area contributed by atoms with Crippen LogP contribution >= 0.6 is 23.4 Å². The molecule has 0 bridgehead atoms. The molecule has 1 aromatic heterocycles. The lowest BCUT2D eigenvalue weighted by molar-refractivity contribution is -0.384. The predicted molar refractivity (Wildman–Crippen MR) is 101 cm³/mol. The van der Waals surface area contributed by atoms with E-state index in [0.717, 1.165) is 16.5 Å². The lowest BCUT2D eigenvalue weighted by Gasteiger charge is -2.06. The third kappa shape index (κ3) is 4.33. The molecular formula is C17H15ClN4O3S. The van der Waals surface area contributed by atoms with Crippen LogP contribution in [-0.4, -0.2) is 32.0 Å². The first-order valence-electron chi connectivity index (χ1n) is 7.70. The summed E-state index contributed by atoms with van der Waals surface area (Å²) in [6.45, 7) is 0.398. The molecule has 2 aromatic carbocycles. The van der Waals surface area contributed by atoms with Crippen LogP contribution in [0.3, 0.4) is 0 Å². The Morgan fingerprint density at radius 3 is 2.73 bits per heavy atom. The average Bonchev–Trinajstić information content (AvgIpc) is 3.00. The molecule has 0 aliphatic rings. The summed E-state index contributed by atoms with van der Waals surface area (Å²) in [5.74, 6) is 1.86. The normalized spacial score (nSPS) is 10.7. The Labute approximate surface area is 159 Å². The van der Waals surface area contributed by atoms with Crippen molar-refractivity contribution < 1.29 is 9.66 Å². The molecule has 0 saturated heterocycles. The van der Waals surface area contributed by atoms with Gasteiger partial charge in [-0.1, -0.05) is 29.4 Å². The number of nitrogens with zero attached hydrogens (tertiary/aromatic N) is 4. The van der Waals surface area contributed by atoms with E-state index in [2.05, 4.69) is 10.2 Å². The number of hydrogen-bond acceptors (Lipinski definition) is 6. The van der Waals surface area contributed by atoms with Crippen LogP contribution in [0.4, 0.5) is 5.69 Å². The molecule has 0 spiro atoms. The number of rotatable bonds is 7. The van der Waals surface area contributed by atoms with Crippen molar-refractivity contribution >= 4 is 29.1 Å². The highest BCUT2D eigenvalue weighted by Gasteiger charge is 2.11. The van der Waals surface area contributed by atoms with Crippen molar-refractivity contribution in [1.82, 2.24) is 14.8 Å². The number of hydrogen-bond donors (Lipinski definition) is 0. The number of aromatic nitrogens is 3. The Kier molecular flexibility index (Phi) is 5.75. The standard InChI is InChI=1S/C17H15ClN4O3S/c1-21-16(12-5-7-13(18)8-6-12)19-20-17(21)26-10-9-25-15-4-2-3-14(11-15)22(23)24/h2-8,11H,9-10H2,1H3. The first-order chi connectivity index (χ1) is 12.5. The van der Waals surface area contributed by atoms with E-state index in [-0.39, 0.29) is 5.69 Å². The van der Waals surface area contributed by atoms with Crippen LogP contribution in [0.25, 0.3) is 11.4 Å². The third-order valence-corrected chi connectivity index (χ3v) is 4.79. The number of halogens is 1. The SMILES string of the molecule is Cn1c(SCCOc2cccc([N+](=O)[O-])c2)nnc1-c1ccc(Cl)cc1. The summed E-state index contributed by atoms with van der Waals surface area (Å²) in [6, 6.07) is 13.5. The maximum absolute atomic E-state index is 10.8. The Balaban J connectivity index is 1.56. The number of ether oxygens (including phenoxy) is 1. The van der Waals surface area contributed by atoms with Gasteiger partial charge in [0.15, 0.2) is 11.0 Å². The van der Waals surface area contributed by atoms with E-state index in [4.69, 9.17) is 16.3 Å². The van der Waals surface area contributed by atoms with Gasteiger partial charge in [0.2, 0.25) is 0 Å². The monoisotopic (exact) mass is 390 g/mol. The number of benzene rings is 2. The predicted octanol–water partition coefficient (Wildman–Crippen LogP) is 4.21. The zero-order valence-corrected chi connectivity index (χ0v) is 15.4. The topological polar surface area (TPSA) is 83.1 Å². The van der Waals surface area contributed by atoms with E-state index in [1.54, 1.807) is 12.1 Å². The van der Waals surface area contributed by atoms with Gasteiger partial charge in [-0.25, -0.2) is 0 Å². The molecule has 0 saturated carbocycles. The van der Waals surface area contributed by atoms with E-state index in [0.29, 0.717) is 23.1 Å². The molecule has 7 nitrogen and oxygen atoms in total. The molecule has 0 aliphatic carbocycles. The zero-order valence-electron chi connectivity index (χ0n) is 13.8. The van der Waals surface area contributed by atoms with Crippen molar-refractivity contribution in [1.29, 1.82) is 0 Å². The fraction of sp³-hybridized carbons (Fsp3) is 0.176. The minimum absolute atomic E-state index is 0.0102. The highest BCUT2D eigenvalue weighted by atomic mass is 35.5. The second-order valence-corrected chi connectivity index (χ2v) is 6.82. The third-order valence-electron chi connectivity index (χ3n) is 3.55. The summed E-state index contributed by atoms with van der Waals surface area (Å²) in [5.41, 5.74) is 0.945. The second-order valence-electron chi connectivity index (χ2n) is 5.32. The Bertz CT molecular complexity index is 915. The van der Waals surface area contributed by atoms with E-state index in [1.165, 1.54) is 23.9 Å². The molecule has 1 heterocycles. The molecule has 0 unspecified atom stereocenters. The molecule has 0 radical (unpaired) electrons. The molecule has 134 valence electrons. The summed E-state index contributed by atoms with van der Waals surface area (Å²) in [7, 11) is 1.90. The van der Waals surface area contributed by atoms with Gasteiger partial charge in [-0.2, -0.15) is 0 Å². The number of non-ortho nitro benzene ring substituents is 1. The number of thioether (sulfide) groups is 1. The van der Waals surface area contributed by atoms with E-state index in [9.17, 15) is 10.1 Å². The van der Waals surface area contributed by atoms with Crippen molar-refractivity contribution in [3.8, 4) is 17.1 Å². The van der Waals surface area contributed by atoms with Gasteiger partial charge in [0, 0.05) is 29.5 Å². The van der Waals surface area contributed by atoms with Crippen LogP contribution in [0.2, 0.25) is 5.02 Å². The molecule has 26 heavy (non-hydrogen) atoms. The quantitative estimate of drug-likeness (QED) is 0.260. The minimum Gasteiger partial charge on any atom is -0.492 e. The molecule has 3 aromatic rings. The van der Waals surface area contributed by atoms with Gasteiger partial charge < -0.3 is 9.30 Å². The summed E-state index contributed by atoms with van der Waals surface area (Å²) in [5, 5.41) is 20.6. The first kappa shape index (κ1) is 18.2. The summed E-state index contributed by atoms with van der Waals surface area (Å²) in [6.07, 6.45) is 0. The molecular weight excluding hydrogens is 376 g/mol. The molecule has 0 amide bonds. The van der Waals surface area contributed by atoms with Crippen molar-refractivity contribution in [3.05, 3.63) is 63.7 Å². The largest absolute Gasteiger partial charge is 0.492 e.